The Labute approximate surface area is 160 Å². The molecule has 3 nitrogen and oxygen atoms in total. The molecule has 1 heterocycles. The Kier molecular flexibility index (Phi) is 5.20. The van der Waals surface area contributed by atoms with E-state index in [1.54, 1.807) is 0 Å². The van der Waals surface area contributed by atoms with Crippen LogP contribution in [-0.4, -0.2) is 28.9 Å². The second-order valence-electron chi connectivity index (χ2n) is 7.12. The van der Waals surface area contributed by atoms with Gasteiger partial charge < -0.3 is 9.80 Å². The van der Waals surface area contributed by atoms with Crippen LogP contribution in [-0.2, 0) is 13.1 Å². The molecule has 1 saturated heterocycles. The zero-order valence-electron chi connectivity index (χ0n) is 15.4. The van der Waals surface area contributed by atoms with Crippen molar-refractivity contribution in [2.24, 2.45) is 0 Å². The third-order valence-corrected chi connectivity index (χ3v) is 5.13. The SMILES string of the molecule is O=C1N(Cc2ccccc2)CC(c2ccccc2)CN1Cc1ccccc1. The van der Waals surface area contributed by atoms with E-state index in [0.717, 1.165) is 13.1 Å². The molecule has 0 radical (unpaired) electrons. The van der Waals surface area contributed by atoms with Crippen LogP contribution in [0, 0.1) is 0 Å². The van der Waals surface area contributed by atoms with E-state index in [1.165, 1.54) is 16.7 Å². The Morgan fingerprint density at radius 2 is 1.04 bits per heavy atom. The van der Waals surface area contributed by atoms with Gasteiger partial charge >= 0.3 is 6.03 Å². The molecular formula is C24H24N2O. The summed E-state index contributed by atoms with van der Waals surface area (Å²) in [7, 11) is 0. The van der Waals surface area contributed by atoms with Crippen LogP contribution in [0.25, 0.3) is 0 Å². The maximum absolute atomic E-state index is 13.2. The quantitative estimate of drug-likeness (QED) is 0.637. The van der Waals surface area contributed by atoms with Gasteiger partial charge in [-0.15, -0.1) is 0 Å². The molecule has 2 amide bonds. The summed E-state index contributed by atoms with van der Waals surface area (Å²) in [5.74, 6) is 0.316. The van der Waals surface area contributed by atoms with Gasteiger partial charge in [0.05, 0.1) is 0 Å². The Hall–Kier alpha value is -3.07. The zero-order chi connectivity index (χ0) is 18.5. The number of hydrogen-bond acceptors (Lipinski definition) is 1. The minimum absolute atomic E-state index is 0.120. The standard InChI is InChI=1S/C24H24N2O/c27-24-25(16-20-10-4-1-5-11-20)18-23(22-14-8-3-9-15-22)19-26(24)17-21-12-6-2-7-13-21/h1-15,23H,16-19H2. The first-order valence-electron chi connectivity index (χ1n) is 9.46. The first-order chi connectivity index (χ1) is 13.3. The number of nitrogens with zero attached hydrogens (tertiary/aromatic N) is 2. The molecule has 4 rings (SSSR count). The summed E-state index contributed by atoms with van der Waals surface area (Å²) in [5.41, 5.74) is 3.62. The van der Waals surface area contributed by atoms with Crippen molar-refractivity contribution in [3.63, 3.8) is 0 Å². The fourth-order valence-electron chi connectivity index (χ4n) is 3.75. The van der Waals surface area contributed by atoms with E-state index in [4.69, 9.17) is 0 Å². The maximum atomic E-state index is 13.2. The maximum Gasteiger partial charge on any atom is 0.320 e. The van der Waals surface area contributed by atoms with Gasteiger partial charge in [-0.05, 0) is 16.7 Å². The first-order valence-corrected chi connectivity index (χ1v) is 9.46. The predicted molar refractivity (Wildman–Crippen MR) is 108 cm³/mol. The molecule has 0 N–H and O–H groups in total. The molecule has 0 saturated carbocycles. The van der Waals surface area contributed by atoms with Crippen LogP contribution >= 0.6 is 0 Å². The van der Waals surface area contributed by atoms with Crippen molar-refractivity contribution in [3.8, 4) is 0 Å². The lowest BCUT2D eigenvalue weighted by Crippen LogP contribution is -2.51. The molecule has 0 bridgehead atoms. The smallest absolute Gasteiger partial charge is 0.320 e. The molecule has 0 unspecified atom stereocenters. The van der Waals surface area contributed by atoms with Crippen LogP contribution in [0.2, 0.25) is 0 Å². The minimum Gasteiger partial charge on any atom is -0.320 e. The Morgan fingerprint density at radius 3 is 1.48 bits per heavy atom. The summed E-state index contributed by atoms with van der Waals surface area (Å²) in [6.07, 6.45) is 0. The second kappa shape index (κ2) is 8.09. The molecule has 1 aliphatic rings. The van der Waals surface area contributed by atoms with Crippen LogP contribution in [0.4, 0.5) is 4.79 Å². The molecule has 3 aromatic carbocycles. The largest absolute Gasteiger partial charge is 0.320 e. The van der Waals surface area contributed by atoms with Crippen molar-refractivity contribution in [1.29, 1.82) is 0 Å². The van der Waals surface area contributed by atoms with Crippen LogP contribution in [0.1, 0.15) is 22.6 Å². The van der Waals surface area contributed by atoms with E-state index in [1.807, 2.05) is 52.3 Å². The molecule has 27 heavy (non-hydrogen) atoms. The van der Waals surface area contributed by atoms with Gasteiger partial charge in [-0.25, -0.2) is 4.79 Å². The molecule has 1 aliphatic heterocycles. The fourth-order valence-corrected chi connectivity index (χ4v) is 3.75. The average molecular weight is 356 g/mol. The van der Waals surface area contributed by atoms with Gasteiger partial charge in [0.25, 0.3) is 0 Å². The van der Waals surface area contributed by atoms with E-state index in [0.29, 0.717) is 19.0 Å². The fraction of sp³-hybridized carbons (Fsp3) is 0.208. The first kappa shape index (κ1) is 17.3. The van der Waals surface area contributed by atoms with Crippen LogP contribution in [0.5, 0.6) is 0 Å². The number of amides is 2. The lowest BCUT2D eigenvalue weighted by molar-refractivity contribution is 0.113. The number of hydrogen-bond donors (Lipinski definition) is 0. The molecule has 0 spiro atoms. The van der Waals surface area contributed by atoms with Gasteiger partial charge in [0.15, 0.2) is 0 Å². The van der Waals surface area contributed by atoms with Crippen molar-refractivity contribution in [2.45, 2.75) is 19.0 Å². The van der Waals surface area contributed by atoms with E-state index >= 15 is 0 Å². The summed E-state index contributed by atoms with van der Waals surface area (Å²) in [5, 5.41) is 0. The number of rotatable bonds is 5. The minimum atomic E-state index is 0.120. The zero-order valence-corrected chi connectivity index (χ0v) is 15.4. The lowest BCUT2D eigenvalue weighted by Gasteiger charge is -2.40. The van der Waals surface area contributed by atoms with Crippen molar-refractivity contribution in [1.82, 2.24) is 9.80 Å². The normalized spacial score (nSPS) is 15.2. The van der Waals surface area contributed by atoms with Gasteiger partial charge in [0.2, 0.25) is 0 Å². The Balaban J connectivity index is 1.58. The van der Waals surface area contributed by atoms with Gasteiger partial charge in [0.1, 0.15) is 0 Å². The third kappa shape index (κ3) is 4.20. The highest BCUT2D eigenvalue weighted by molar-refractivity contribution is 5.75. The third-order valence-electron chi connectivity index (χ3n) is 5.13. The molecular weight excluding hydrogens is 332 g/mol. The summed E-state index contributed by atoms with van der Waals surface area (Å²) in [4.78, 5) is 17.1. The Morgan fingerprint density at radius 1 is 0.630 bits per heavy atom. The van der Waals surface area contributed by atoms with Crippen LogP contribution in [0.15, 0.2) is 91.0 Å². The Bertz CT molecular complexity index is 811. The molecule has 3 heteroatoms. The number of carbonyl (C=O) groups excluding carboxylic acids is 1. The topological polar surface area (TPSA) is 23.6 Å². The predicted octanol–water partition coefficient (Wildman–Crippen LogP) is 4.91. The van der Waals surface area contributed by atoms with Crippen molar-refractivity contribution >= 4 is 6.03 Å². The summed E-state index contributed by atoms with van der Waals surface area (Å²) >= 11 is 0. The summed E-state index contributed by atoms with van der Waals surface area (Å²) in [6, 6.07) is 31.1. The molecule has 136 valence electrons. The monoisotopic (exact) mass is 356 g/mol. The number of carbonyl (C=O) groups is 1. The van der Waals surface area contributed by atoms with E-state index in [9.17, 15) is 4.79 Å². The van der Waals surface area contributed by atoms with E-state index in [2.05, 4.69) is 48.5 Å². The van der Waals surface area contributed by atoms with Crippen LogP contribution < -0.4 is 0 Å². The highest BCUT2D eigenvalue weighted by atomic mass is 16.2. The van der Waals surface area contributed by atoms with Crippen molar-refractivity contribution < 1.29 is 4.79 Å². The van der Waals surface area contributed by atoms with E-state index in [-0.39, 0.29) is 6.03 Å². The average Bonchev–Trinajstić information content (AvgIpc) is 2.73. The lowest BCUT2D eigenvalue weighted by atomic mass is 9.95. The number of urea groups is 1. The molecule has 3 aromatic rings. The van der Waals surface area contributed by atoms with Gasteiger partial charge in [-0.2, -0.15) is 0 Å². The van der Waals surface area contributed by atoms with Crippen LogP contribution in [0.3, 0.4) is 0 Å². The highest BCUT2D eigenvalue weighted by Gasteiger charge is 2.32. The molecule has 1 fully saturated rings. The van der Waals surface area contributed by atoms with Gasteiger partial charge in [-0.3, -0.25) is 0 Å². The summed E-state index contributed by atoms with van der Waals surface area (Å²) in [6.45, 7) is 2.80. The van der Waals surface area contributed by atoms with Crippen molar-refractivity contribution in [3.05, 3.63) is 108 Å². The van der Waals surface area contributed by atoms with E-state index < -0.39 is 0 Å². The summed E-state index contributed by atoms with van der Waals surface area (Å²) < 4.78 is 0. The number of benzene rings is 3. The van der Waals surface area contributed by atoms with Gasteiger partial charge in [-0.1, -0.05) is 91.0 Å². The van der Waals surface area contributed by atoms with Crippen molar-refractivity contribution in [2.75, 3.05) is 13.1 Å². The molecule has 0 atom stereocenters. The molecule has 0 aromatic heterocycles. The second-order valence-corrected chi connectivity index (χ2v) is 7.12. The molecule has 0 aliphatic carbocycles. The van der Waals surface area contributed by atoms with Gasteiger partial charge in [0, 0.05) is 32.1 Å². The highest BCUT2D eigenvalue weighted by Crippen LogP contribution is 2.26.